The van der Waals surface area contributed by atoms with Gasteiger partial charge in [-0.25, -0.2) is 4.98 Å². The van der Waals surface area contributed by atoms with Crippen molar-refractivity contribution in [1.82, 2.24) is 4.98 Å². The molecule has 0 spiro atoms. The van der Waals surface area contributed by atoms with Gasteiger partial charge in [0.05, 0.1) is 0 Å². The zero-order valence-corrected chi connectivity index (χ0v) is 9.85. The fraction of sp³-hybridized carbons (Fsp3) is 0.0833. The van der Waals surface area contributed by atoms with Crippen molar-refractivity contribution in [2.75, 3.05) is 0 Å². The van der Waals surface area contributed by atoms with Crippen molar-refractivity contribution in [3.8, 4) is 0 Å². The molecule has 0 saturated heterocycles. The SMILES string of the molecule is Cc1cc(Sc2ccccc2)cc(Cl)n1. The van der Waals surface area contributed by atoms with Crippen molar-refractivity contribution >= 4 is 23.4 Å². The van der Waals surface area contributed by atoms with E-state index in [4.69, 9.17) is 11.6 Å². The molecule has 0 saturated carbocycles. The molecular weight excluding hydrogens is 226 g/mol. The lowest BCUT2D eigenvalue weighted by atomic mass is 10.4. The van der Waals surface area contributed by atoms with Crippen LogP contribution in [0.2, 0.25) is 5.15 Å². The average Bonchev–Trinajstić information content (AvgIpc) is 2.17. The molecule has 1 aromatic carbocycles. The zero-order valence-electron chi connectivity index (χ0n) is 8.27. The first-order chi connectivity index (χ1) is 7.24. The highest BCUT2D eigenvalue weighted by molar-refractivity contribution is 7.99. The smallest absolute Gasteiger partial charge is 0.130 e. The molecule has 0 bridgehead atoms. The minimum absolute atomic E-state index is 0.549. The number of nitrogens with zero attached hydrogens (tertiary/aromatic N) is 1. The first kappa shape index (κ1) is 10.5. The Kier molecular flexibility index (Phi) is 3.29. The summed E-state index contributed by atoms with van der Waals surface area (Å²) >= 11 is 7.58. The Morgan fingerprint density at radius 1 is 1.07 bits per heavy atom. The second-order valence-corrected chi connectivity index (χ2v) is 4.72. The van der Waals surface area contributed by atoms with Gasteiger partial charge in [-0.3, -0.25) is 0 Å². The van der Waals surface area contributed by atoms with Crippen LogP contribution >= 0.6 is 23.4 Å². The highest BCUT2D eigenvalue weighted by Gasteiger charge is 2.00. The number of hydrogen-bond acceptors (Lipinski definition) is 2. The first-order valence-corrected chi connectivity index (χ1v) is 5.80. The van der Waals surface area contributed by atoms with E-state index in [2.05, 4.69) is 17.1 Å². The third kappa shape index (κ3) is 2.98. The van der Waals surface area contributed by atoms with Crippen molar-refractivity contribution < 1.29 is 0 Å². The Bertz CT molecular complexity index is 436. The molecule has 0 amide bonds. The normalized spacial score (nSPS) is 10.3. The van der Waals surface area contributed by atoms with Gasteiger partial charge in [0, 0.05) is 15.5 Å². The summed E-state index contributed by atoms with van der Waals surface area (Å²) in [5.74, 6) is 0. The summed E-state index contributed by atoms with van der Waals surface area (Å²) in [4.78, 5) is 6.46. The van der Waals surface area contributed by atoms with E-state index in [9.17, 15) is 0 Å². The van der Waals surface area contributed by atoms with Crippen molar-refractivity contribution in [3.63, 3.8) is 0 Å². The van der Waals surface area contributed by atoms with Gasteiger partial charge in [0.2, 0.25) is 0 Å². The van der Waals surface area contributed by atoms with E-state index in [0.29, 0.717) is 5.15 Å². The molecule has 76 valence electrons. The highest BCUT2D eigenvalue weighted by Crippen LogP contribution is 2.28. The van der Waals surface area contributed by atoms with Crippen LogP contribution in [0.1, 0.15) is 5.69 Å². The van der Waals surface area contributed by atoms with Crippen LogP contribution in [0.4, 0.5) is 0 Å². The molecule has 1 heterocycles. The van der Waals surface area contributed by atoms with E-state index in [1.54, 1.807) is 11.8 Å². The molecule has 0 atom stereocenters. The third-order valence-electron chi connectivity index (χ3n) is 1.87. The quantitative estimate of drug-likeness (QED) is 0.724. The molecule has 1 nitrogen and oxygen atoms in total. The number of halogens is 1. The van der Waals surface area contributed by atoms with Crippen molar-refractivity contribution in [2.45, 2.75) is 16.7 Å². The molecule has 0 aliphatic carbocycles. The average molecular weight is 236 g/mol. The van der Waals surface area contributed by atoms with Crippen LogP contribution in [0.5, 0.6) is 0 Å². The molecule has 2 aromatic rings. The monoisotopic (exact) mass is 235 g/mol. The van der Waals surface area contributed by atoms with Gasteiger partial charge >= 0.3 is 0 Å². The Morgan fingerprint density at radius 2 is 1.80 bits per heavy atom. The molecule has 2 rings (SSSR count). The van der Waals surface area contributed by atoms with E-state index in [0.717, 1.165) is 10.6 Å². The van der Waals surface area contributed by atoms with E-state index in [1.165, 1.54) is 4.90 Å². The first-order valence-electron chi connectivity index (χ1n) is 4.61. The molecule has 0 N–H and O–H groups in total. The number of hydrogen-bond donors (Lipinski definition) is 0. The largest absolute Gasteiger partial charge is 0.241 e. The molecule has 3 heteroatoms. The number of benzene rings is 1. The molecule has 0 radical (unpaired) electrons. The van der Waals surface area contributed by atoms with Gasteiger partial charge in [-0.05, 0) is 31.2 Å². The summed E-state index contributed by atoms with van der Waals surface area (Å²) in [6, 6.07) is 14.1. The maximum absolute atomic E-state index is 5.89. The molecule has 0 fully saturated rings. The van der Waals surface area contributed by atoms with Crippen LogP contribution in [0.25, 0.3) is 0 Å². The lowest BCUT2D eigenvalue weighted by Crippen LogP contribution is -1.82. The molecule has 0 aliphatic heterocycles. The summed E-state index contributed by atoms with van der Waals surface area (Å²) < 4.78 is 0. The van der Waals surface area contributed by atoms with Gasteiger partial charge in [0.15, 0.2) is 0 Å². The van der Waals surface area contributed by atoms with E-state index in [-0.39, 0.29) is 0 Å². The van der Waals surface area contributed by atoms with Gasteiger partial charge in [-0.2, -0.15) is 0 Å². The Morgan fingerprint density at radius 3 is 2.47 bits per heavy atom. The standard InChI is InChI=1S/C12H10ClNS/c1-9-7-11(8-12(13)14-9)15-10-5-3-2-4-6-10/h2-8H,1H3. The molecule has 0 unspecified atom stereocenters. The number of aryl methyl sites for hydroxylation is 1. The van der Waals surface area contributed by atoms with Crippen LogP contribution in [-0.4, -0.2) is 4.98 Å². The molecule has 15 heavy (non-hydrogen) atoms. The summed E-state index contributed by atoms with van der Waals surface area (Å²) in [5.41, 5.74) is 0.945. The van der Waals surface area contributed by atoms with Crippen LogP contribution in [-0.2, 0) is 0 Å². The van der Waals surface area contributed by atoms with Crippen LogP contribution < -0.4 is 0 Å². The van der Waals surface area contributed by atoms with E-state index in [1.807, 2.05) is 37.3 Å². The number of pyridine rings is 1. The fourth-order valence-electron chi connectivity index (χ4n) is 1.28. The van der Waals surface area contributed by atoms with Crippen LogP contribution in [0.15, 0.2) is 52.3 Å². The lowest BCUT2D eigenvalue weighted by Gasteiger charge is -2.02. The maximum Gasteiger partial charge on any atom is 0.130 e. The topological polar surface area (TPSA) is 12.9 Å². The lowest BCUT2D eigenvalue weighted by molar-refractivity contribution is 1.16. The van der Waals surface area contributed by atoms with Crippen molar-refractivity contribution in [1.29, 1.82) is 0 Å². The van der Waals surface area contributed by atoms with Crippen molar-refractivity contribution in [2.24, 2.45) is 0 Å². The Hall–Kier alpha value is -0.990. The molecular formula is C12H10ClNS. The second kappa shape index (κ2) is 4.69. The van der Waals surface area contributed by atoms with Gasteiger partial charge in [-0.1, -0.05) is 41.6 Å². The van der Waals surface area contributed by atoms with Gasteiger partial charge in [0.1, 0.15) is 5.15 Å². The predicted molar refractivity (Wildman–Crippen MR) is 64.5 cm³/mol. The maximum atomic E-state index is 5.89. The van der Waals surface area contributed by atoms with Gasteiger partial charge in [-0.15, -0.1) is 0 Å². The molecule has 0 aliphatic rings. The zero-order chi connectivity index (χ0) is 10.7. The summed E-state index contributed by atoms with van der Waals surface area (Å²) in [5, 5.41) is 0.549. The second-order valence-electron chi connectivity index (χ2n) is 3.18. The number of aromatic nitrogens is 1. The highest BCUT2D eigenvalue weighted by atomic mass is 35.5. The summed E-state index contributed by atoms with van der Waals surface area (Å²) in [7, 11) is 0. The third-order valence-corrected chi connectivity index (χ3v) is 3.05. The van der Waals surface area contributed by atoms with Crippen LogP contribution in [0, 0.1) is 6.92 Å². The van der Waals surface area contributed by atoms with Crippen molar-refractivity contribution in [3.05, 3.63) is 53.3 Å². The van der Waals surface area contributed by atoms with E-state index >= 15 is 0 Å². The van der Waals surface area contributed by atoms with Gasteiger partial charge < -0.3 is 0 Å². The summed E-state index contributed by atoms with van der Waals surface area (Å²) in [6.45, 7) is 1.95. The molecule has 1 aromatic heterocycles. The van der Waals surface area contributed by atoms with E-state index < -0.39 is 0 Å². The number of rotatable bonds is 2. The van der Waals surface area contributed by atoms with Crippen LogP contribution in [0.3, 0.4) is 0 Å². The Labute approximate surface area is 98.5 Å². The predicted octanol–water partition coefficient (Wildman–Crippen LogP) is 4.19. The minimum atomic E-state index is 0.549. The van der Waals surface area contributed by atoms with Gasteiger partial charge in [0.25, 0.3) is 0 Å². The Balaban J connectivity index is 2.25. The fourth-order valence-corrected chi connectivity index (χ4v) is 2.56. The minimum Gasteiger partial charge on any atom is -0.241 e. The summed E-state index contributed by atoms with van der Waals surface area (Å²) in [6.07, 6.45) is 0.